The van der Waals surface area contributed by atoms with Gasteiger partial charge >= 0.3 is 0 Å². The molecule has 1 unspecified atom stereocenters. The zero-order valence-corrected chi connectivity index (χ0v) is 12.6. The van der Waals surface area contributed by atoms with Gasteiger partial charge in [-0.3, -0.25) is 4.90 Å². The predicted octanol–water partition coefficient (Wildman–Crippen LogP) is 3.63. The SMILES string of the molecule is CC1CCCN(Cn2nc(C3CC3)sc2=S)CC1. The van der Waals surface area contributed by atoms with Crippen LogP contribution in [0.15, 0.2) is 0 Å². The minimum Gasteiger partial charge on any atom is -0.284 e. The number of nitrogens with zero attached hydrogens (tertiary/aromatic N) is 3. The molecule has 18 heavy (non-hydrogen) atoms. The van der Waals surface area contributed by atoms with Gasteiger partial charge in [0.25, 0.3) is 0 Å². The van der Waals surface area contributed by atoms with Crippen LogP contribution in [0.25, 0.3) is 0 Å². The molecule has 0 aromatic carbocycles. The van der Waals surface area contributed by atoms with E-state index in [1.54, 1.807) is 11.3 Å². The molecular formula is C13H21N3S2. The zero-order valence-electron chi connectivity index (χ0n) is 11.0. The highest BCUT2D eigenvalue weighted by molar-refractivity contribution is 7.73. The molecule has 3 nitrogen and oxygen atoms in total. The second kappa shape index (κ2) is 5.39. The van der Waals surface area contributed by atoms with Crippen LogP contribution in [0.4, 0.5) is 0 Å². The Bertz CT molecular complexity index is 461. The molecule has 1 saturated heterocycles. The Labute approximate surface area is 118 Å². The minimum atomic E-state index is 0.724. The van der Waals surface area contributed by atoms with Crippen molar-refractivity contribution in [2.24, 2.45) is 5.92 Å². The third-order valence-corrected chi connectivity index (χ3v) is 5.46. The first kappa shape index (κ1) is 12.8. The molecule has 0 radical (unpaired) electrons. The molecule has 2 heterocycles. The highest BCUT2D eigenvalue weighted by Crippen LogP contribution is 2.41. The van der Waals surface area contributed by atoms with Gasteiger partial charge in [-0.2, -0.15) is 5.10 Å². The molecule has 0 N–H and O–H groups in total. The molecule has 100 valence electrons. The fourth-order valence-electron chi connectivity index (χ4n) is 2.56. The summed E-state index contributed by atoms with van der Waals surface area (Å²) < 4.78 is 3.00. The third kappa shape index (κ3) is 3.00. The van der Waals surface area contributed by atoms with Gasteiger partial charge < -0.3 is 0 Å². The maximum atomic E-state index is 5.44. The van der Waals surface area contributed by atoms with Crippen molar-refractivity contribution in [3.63, 3.8) is 0 Å². The van der Waals surface area contributed by atoms with E-state index in [1.165, 1.54) is 50.2 Å². The number of rotatable bonds is 3. The van der Waals surface area contributed by atoms with Crippen LogP contribution in [0.5, 0.6) is 0 Å². The van der Waals surface area contributed by atoms with Crippen LogP contribution in [-0.2, 0) is 6.67 Å². The van der Waals surface area contributed by atoms with E-state index in [1.807, 2.05) is 4.68 Å². The van der Waals surface area contributed by atoms with Gasteiger partial charge in [0.1, 0.15) is 5.01 Å². The summed E-state index contributed by atoms with van der Waals surface area (Å²) in [6.07, 6.45) is 6.61. The average Bonchev–Trinajstić information content (AvgIpc) is 3.13. The van der Waals surface area contributed by atoms with E-state index in [4.69, 9.17) is 17.3 Å². The molecule has 3 rings (SSSR count). The van der Waals surface area contributed by atoms with Crippen molar-refractivity contribution in [2.45, 2.75) is 51.6 Å². The van der Waals surface area contributed by atoms with Gasteiger partial charge in [0.05, 0.1) is 6.67 Å². The Kier molecular flexibility index (Phi) is 3.82. The van der Waals surface area contributed by atoms with Crippen molar-refractivity contribution in [1.82, 2.24) is 14.7 Å². The standard InChI is InChI=1S/C13H21N3S2/c1-10-3-2-7-15(8-6-10)9-16-13(17)18-12(14-16)11-4-5-11/h10-11H,2-9H2,1H3. The Morgan fingerprint density at radius 3 is 2.89 bits per heavy atom. The molecule has 1 aliphatic heterocycles. The van der Waals surface area contributed by atoms with Gasteiger partial charge in [0.15, 0.2) is 3.95 Å². The molecule has 1 saturated carbocycles. The van der Waals surface area contributed by atoms with Gasteiger partial charge in [-0.15, -0.1) is 0 Å². The van der Waals surface area contributed by atoms with Gasteiger partial charge in [-0.05, 0) is 56.8 Å². The van der Waals surface area contributed by atoms with Crippen LogP contribution in [0.2, 0.25) is 0 Å². The molecule has 1 aromatic rings. The summed E-state index contributed by atoms with van der Waals surface area (Å²) in [5, 5.41) is 5.97. The highest BCUT2D eigenvalue weighted by Gasteiger charge is 2.27. The Balaban J connectivity index is 1.66. The van der Waals surface area contributed by atoms with Gasteiger partial charge in [0, 0.05) is 12.5 Å². The molecule has 2 fully saturated rings. The van der Waals surface area contributed by atoms with Gasteiger partial charge in [-0.1, -0.05) is 18.3 Å². The lowest BCUT2D eigenvalue weighted by Gasteiger charge is -2.19. The monoisotopic (exact) mass is 283 g/mol. The van der Waals surface area contributed by atoms with E-state index in [2.05, 4.69) is 11.8 Å². The Hall–Kier alpha value is -0.260. The van der Waals surface area contributed by atoms with Crippen molar-refractivity contribution >= 4 is 23.6 Å². The zero-order chi connectivity index (χ0) is 12.5. The molecule has 1 atom stereocenters. The first-order valence-electron chi connectivity index (χ1n) is 7.02. The van der Waals surface area contributed by atoms with Crippen LogP contribution in [0.3, 0.4) is 0 Å². The van der Waals surface area contributed by atoms with Crippen LogP contribution < -0.4 is 0 Å². The fourth-order valence-corrected chi connectivity index (χ4v) is 3.84. The molecule has 0 bridgehead atoms. The number of likely N-dealkylation sites (tertiary alicyclic amines) is 1. The fraction of sp³-hybridized carbons (Fsp3) is 0.846. The maximum Gasteiger partial charge on any atom is 0.180 e. The summed E-state index contributed by atoms with van der Waals surface area (Å²) in [5.74, 6) is 1.60. The van der Waals surface area contributed by atoms with Crippen LogP contribution in [0, 0.1) is 9.87 Å². The summed E-state index contributed by atoms with van der Waals surface area (Å²) in [6.45, 7) is 5.65. The lowest BCUT2D eigenvalue weighted by Crippen LogP contribution is -2.28. The highest BCUT2D eigenvalue weighted by atomic mass is 32.1. The maximum absolute atomic E-state index is 5.44. The molecule has 5 heteroatoms. The van der Waals surface area contributed by atoms with E-state index in [-0.39, 0.29) is 0 Å². The quantitative estimate of drug-likeness (QED) is 0.790. The molecule has 0 amide bonds. The van der Waals surface area contributed by atoms with E-state index < -0.39 is 0 Å². The molecule has 1 aromatic heterocycles. The Morgan fingerprint density at radius 2 is 2.11 bits per heavy atom. The summed E-state index contributed by atoms with van der Waals surface area (Å²) >= 11 is 7.16. The van der Waals surface area contributed by atoms with E-state index in [0.717, 1.165) is 22.5 Å². The first-order chi connectivity index (χ1) is 8.72. The molecule has 0 spiro atoms. The normalized spacial score (nSPS) is 26.2. The lowest BCUT2D eigenvalue weighted by molar-refractivity contribution is 0.211. The lowest BCUT2D eigenvalue weighted by atomic mass is 10.0. The van der Waals surface area contributed by atoms with E-state index in [0.29, 0.717) is 0 Å². The number of hydrogen-bond donors (Lipinski definition) is 0. The summed E-state index contributed by atoms with van der Waals surface area (Å²) in [5.41, 5.74) is 0. The van der Waals surface area contributed by atoms with Crippen molar-refractivity contribution in [3.8, 4) is 0 Å². The number of aromatic nitrogens is 2. The second-order valence-corrected chi connectivity index (χ2v) is 7.43. The summed E-state index contributed by atoms with van der Waals surface area (Å²) in [7, 11) is 0. The van der Waals surface area contributed by atoms with Gasteiger partial charge in [-0.25, -0.2) is 4.68 Å². The van der Waals surface area contributed by atoms with Crippen molar-refractivity contribution in [1.29, 1.82) is 0 Å². The topological polar surface area (TPSA) is 21.1 Å². The molecule has 1 aliphatic carbocycles. The minimum absolute atomic E-state index is 0.724. The third-order valence-electron chi connectivity index (χ3n) is 3.99. The van der Waals surface area contributed by atoms with Crippen LogP contribution in [0.1, 0.15) is 50.0 Å². The molecule has 2 aliphatic rings. The second-order valence-electron chi connectivity index (χ2n) is 5.78. The number of hydrogen-bond acceptors (Lipinski definition) is 4. The smallest absolute Gasteiger partial charge is 0.180 e. The van der Waals surface area contributed by atoms with Crippen LogP contribution in [-0.4, -0.2) is 27.8 Å². The summed E-state index contributed by atoms with van der Waals surface area (Å²) in [4.78, 5) is 2.51. The first-order valence-corrected chi connectivity index (χ1v) is 8.25. The van der Waals surface area contributed by atoms with Crippen molar-refractivity contribution in [3.05, 3.63) is 8.96 Å². The van der Waals surface area contributed by atoms with Crippen LogP contribution >= 0.6 is 23.6 Å². The average molecular weight is 283 g/mol. The van der Waals surface area contributed by atoms with Gasteiger partial charge in [0.2, 0.25) is 0 Å². The van der Waals surface area contributed by atoms with E-state index >= 15 is 0 Å². The Morgan fingerprint density at radius 1 is 1.28 bits per heavy atom. The molecular weight excluding hydrogens is 262 g/mol. The predicted molar refractivity (Wildman–Crippen MR) is 77.5 cm³/mol. The van der Waals surface area contributed by atoms with E-state index in [9.17, 15) is 0 Å². The van der Waals surface area contributed by atoms with Crippen molar-refractivity contribution < 1.29 is 0 Å². The largest absolute Gasteiger partial charge is 0.284 e. The summed E-state index contributed by atoms with van der Waals surface area (Å²) in [6, 6.07) is 0. The van der Waals surface area contributed by atoms with Crippen molar-refractivity contribution in [2.75, 3.05) is 13.1 Å².